The second kappa shape index (κ2) is 10.8. The van der Waals surface area contributed by atoms with E-state index in [1.807, 2.05) is 0 Å². The average Bonchev–Trinajstić information content (AvgIpc) is 3.18. The van der Waals surface area contributed by atoms with Crippen LogP contribution in [0, 0.1) is 19.8 Å². The van der Waals surface area contributed by atoms with Crippen LogP contribution in [-0.4, -0.2) is 73.2 Å². The largest absolute Gasteiger partial charge is 0.379 e. The summed E-state index contributed by atoms with van der Waals surface area (Å²) in [4.78, 5) is 15.6. The average molecular weight is 493 g/mol. The molecule has 0 aromatic carbocycles. The van der Waals surface area contributed by atoms with Gasteiger partial charge >= 0.3 is 0 Å². The van der Waals surface area contributed by atoms with E-state index in [9.17, 15) is 0 Å². The molecule has 0 aliphatic carbocycles. The fraction of sp³-hybridized carbons (Fsp3) is 0.778. The quantitative estimate of drug-likeness (QED) is 0.388. The Balaban J connectivity index is 0.00000243. The van der Waals surface area contributed by atoms with Crippen molar-refractivity contribution < 1.29 is 4.74 Å². The Morgan fingerprint density at radius 2 is 2.08 bits per heavy atom. The first kappa shape index (κ1) is 21.8. The van der Waals surface area contributed by atoms with Crippen molar-refractivity contribution in [3.63, 3.8) is 0 Å². The molecule has 0 spiro atoms. The number of nitrogens with one attached hydrogen (secondary N) is 1. The highest BCUT2D eigenvalue weighted by Crippen LogP contribution is 2.20. The van der Waals surface area contributed by atoms with E-state index in [1.165, 1.54) is 17.8 Å². The van der Waals surface area contributed by atoms with Crippen molar-refractivity contribution >= 4 is 41.3 Å². The second-order valence-corrected chi connectivity index (χ2v) is 8.21. The minimum atomic E-state index is 0. The molecule has 0 radical (unpaired) electrons. The van der Waals surface area contributed by atoms with Gasteiger partial charge in [0.25, 0.3) is 0 Å². The summed E-state index contributed by atoms with van der Waals surface area (Å²) in [6, 6.07) is 0. The van der Waals surface area contributed by atoms with Crippen molar-refractivity contribution in [2.24, 2.45) is 10.9 Å². The highest BCUT2D eigenvalue weighted by molar-refractivity contribution is 14.0. The van der Waals surface area contributed by atoms with E-state index in [0.29, 0.717) is 0 Å². The topological polar surface area (TPSA) is 53.0 Å². The Hall–Kier alpha value is -0.450. The number of rotatable bonds is 5. The first-order valence-electron chi connectivity index (χ1n) is 9.42. The molecule has 6 nitrogen and oxygen atoms in total. The fourth-order valence-corrected chi connectivity index (χ4v) is 4.48. The molecule has 0 saturated carbocycles. The third kappa shape index (κ3) is 6.03. The summed E-state index contributed by atoms with van der Waals surface area (Å²) in [6.45, 7) is 15.2. The van der Waals surface area contributed by atoms with E-state index in [4.69, 9.17) is 9.73 Å². The number of likely N-dealkylation sites (tertiary alicyclic amines) is 1. The number of ether oxygens (including phenoxy) is 1. The molecule has 1 aromatic heterocycles. The number of hydrogen-bond acceptors (Lipinski definition) is 5. The van der Waals surface area contributed by atoms with Gasteiger partial charge in [0.1, 0.15) is 0 Å². The van der Waals surface area contributed by atoms with Gasteiger partial charge in [-0.2, -0.15) is 0 Å². The van der Waals surface area contributed by atoms with Gasteiger partial charge in [0.05, 0.1) is 30.5 Å². The maximum atomic E-state index is 5.46. The highest BCUT2D eigenvalue weighted by atomic mass is 127. The molecular weight excluding hydrogens is 461 g/mol. The number of nitrogens with zero attached hydrogens (tertiary/aromatic N) is 4. The monoisotopic (exact) mass is 493 g/mol. The van der Waals surface area contributed by atoms with Gasteiger partial charge < -0.3 is 15.0 Å². The molecule has 0 amide bonds. The molecule has 2 fully saturated rings. The van der Waals surface area contributed by atoms with Crippen molar-refractivity contribution in [3.8, 4) is 0 Å². The van der Waals surface area contributed by atoms with Crippen LogP contribution < -0.4 is 5.32 Å². The summed E-state index contributed by atoms with van der Waals surface area (Å²) >= 11 is 1.76. The number of aromatic nitrogens is 1. The number of guanidine groups is 1. The molecule has 2 aliphatic heterocycles. The molecule has 1 N–H and O–H groups in total. The van der Waals surface area contributed by atoms with Crippen LogP contribution in [0.2, 0.25) is 0 Å². The van der Waals surface area contributed by atoms with Gasteiger partial charge in [0, 0.05) is 44.1 Å². The number of halogens is 1. The lowest BCUT2D eigenvalue weighted by atomic mass is 10.1. The summed E-state index contributed by atoms with van der Waals surface area (Å²) in [7, 11) is 0. The van der Waals surface area contributed by atoms with Gasteiger partial charge in [0.2, 0.25) is 0 Å². The number of aliphatic imine (C=N–C) groups is 1. The lowest BCUT2D eigenvalue weighted by molar-refractivity contribution is 0.0315. The third-order valence-corrected chi connectivity index (χ3v) is 5.97. The van der Waals surface area contributed by atoms with E-state index in [0.717, 1.165) is 75.1 Å². The first-order chi connectivity index (χ1) is 12.2. The molecule has 1 atom stereocenters. The third-order valence-electron chi connectivity index (χ3n) is 4.91. The molecule has 1 unspecified atom stereocenters. The predicted molar refractivity (Wildman–Crippen MR) is 119 cm³/mol. The normalized spacial score (nSPS) is 21.7. The van der Waals surface area contributed by atoms with E-state index in [-0.39, 0.29) is 24.0 Å². The van der Waals surface area contributed by atoms with Crippen LogP contribution >= 0.6 is 35.3 Å². The summed E-state index contributed by atoms with van der Waals surface area (Å²) in [5, 5.41) is 4.60. The first-order valence-corrected chi connectivity index (χ1v) is 10.2. The molecule has 0 bridgehead atoms. The van der Waals surface area contributed by atoms with Gasteiger partial charge in [-0.3, -0.25) is 4.90 Å². The molecule has 8 heteroatoms. The molecule has 2 saturated heterocycles. The summed E-state index contributed by atoms with van der Waals surface area (Å²) < 4.78 is 5.46. The summed E-state index contributed by atoms with van der Waals surface area (Å²) in [6.07, 6.45) is 1.25. The molecule has 3 heterocycles. The van der Waals surface area contributed by atoms with E-state index >= 15 is 0 Å². The van der Waals surface area contributed by atoms with Gasteiger partial charge in [-0.05, 0) is 33.1 Å². The summed E-state index contributed by atoms with van der Waals surface area (Å²) in [5.41, 5.74) is 1.12. The van der Waals surface area contributed by atoms with E-state index in [1.54, 1.807) is 11.3 Å². The van der Waals surface area contributed by atoms with Gasteiger partial charge in [-0.15, -0.1) is 35.3 Å². The Bertz CT molecular complexity index is 588. The van der Waals surface area contributed by atoms with Crippen molar-refractivity contribution in [2.75, 3.05) is 52.5 Å². The summed E-state index contributed by atoms with van der Waals surface area (Å²) in [5.74, 6) is 1.78. The number of morpholine rings is 1. The van der Waals surface area contributed by atoms with Crippen molar-refractivity contribution in [2.45, 2.75) is 33.7 Å². The van der Waals surface area contributed by atoms with Crippen LogP contribution in [-0.2, 0) is 11.3 Å². The van der Waals surface area contributed by atoms with Crippen LogP contribution in [0.5, 0.6) is 0 Å². The van der Waals surface area contributed by atoms with E-state index in [2.05, 4.69) is 40.9 Å². The smallest absolute Gasteiger partial charge is 0.194 e. The Kier molecular flexibility index (Phi) is 9.05. The van der Waals surface area contributed by atoms with Crippen molar-refractivity contribution in [3.05, 3.63) is 15.6 Å². The van der Waals surface area contributed by atoms with Crippen LogP contribution in [0.15, 0.2) is 4.99 Å². The number of aryl methyl sites for hydroxylation is 2. The standard InChI is InChI=1S/C18H31N5OS.HI/c1-4-19-18(20-11-17-14(2)21-15(3)25-17)23-6-5-16(13-23)12-22-7-9-24-10-8-22;/h16H,4-13H2,1-3H3,(H,19,20);1H. The van der Waals surface area contributed by atoms with Crippen molar-refractivity contribution in [1.82, 2.24) is 20.1 Å². The minimum Gasteiger partial charge on any atom is -0.379 e. The molecule has 2 aliphatic rings. The van der Waals surface area contributed by atoms with E-state index < -0.39 is 0 Å². The maximum Gasteiger partial charge on any atom is 0.194 e. The van der Waals surface area contributed by atoms with Gasteiger partial charge in [0.15, 0.2) is 5.96 Å². The Labute approximate surface area is 178 Å². The number of hydrogen-bond donors (Lipinski definition) is 1. The van der Waals surface area contributed by atoms with Crippen LogP contribution in [0.3, 0.4) is 0 Å². The Morgan fingerprint density at radius 3 is 2.73 bits per heavy atom. The zero-order valence-electron chi connectivity index (χ0n) is 16.2. The Morgan fingerprint density at radius 1 is 1.31 bits per heavy atom. The SMILES string of the molecule is CCNC(=NCc1sc(C)nc1C)N1CCC(CN2CCOCC2)C1.I. The molecular formula is C18H32IN5OS. The maximum absolute atomic E-state index is 5.46. The van der Waals surface area contributed by atoms with Crippen molar-refractivity contribution in [1.29, 1.82) is 0 Å². The van der Waals surface area contributed by atoms with Gasteiger partial charge in [-0.25, -0.2) is 9.98 Å². The highest BCUT2D eigenvalue weighted by Gasteiger charge is 2.27. The molecule has 26 heavy (non-hydrogen) atoms. The van der Waals surface area contributed by atoms with Gasteiger partial charge in [-0.1, -0.05) is 0 Å². The lowest BCUT2D eigenvalue weighted by Gasteiger charge is -2.29. The zero-order valence-corrected chi connectivity index (χ0v) is 19.3. The second-order valence-electron chi connectivity index (χ2n) is 6.93. The molecule has 148 valence electrons. The van der Waals surface area contributed by atoms with Crippen LogP contribution in [0.1, 0.15) is 28.9 Å². The minimum absolute atomic E-state index is 0. The predicted octanol–water partition coefficient (Wildman–Crippen LogP) is 2.50. The van der Waals surface area contributed by atoms with Crippen LogP contribution in [0.25, 0.3) is 0 Å². The molecule has 1 aromatic rings. The fourth-order valence-electron chi connectivity index (χ4n) is 3.62. The lowest BCUT2D eigenvalue weighted by Crippen LogP contribution is -2.42. The molecule has 3 rings (SSSR count). The van der Waals surface area contributed by atoms with Crippen LogP contribution in [0.4, 0.5) is 0 Å². The number of thiazole rings is 1. The zero-order chi connectivity index (χ0) is 17.6.